The molecule has 0 fully saturated rings. The second-order valence-electron chi connectivity index (χ2n) is 3.81. The van der Waals surface area contributed by atoms with Crippen LogP contribution < -0.4 is 0 Å². The average Bonchev–Trinajstić information content (AvgIpc) is 2.32. The number of alkyl halides is 3. The van der Waals surface area contributed by atoms with Gasteiger partial charge in [0.2, 0.25) is 0 Å². The van der Waals surface area contributed by atoms with E-state index in [9.17, 15) is 17.6 Å². The Balaban J connectivity index is 2.69. The van der Waals surface area contributed by atoms with E-state index in [0.29, 0.717) is 0 Å². The molecule has 94 valence electrons. The first-order valence-electron chi connectivity index (χ1n) is 5.19. The van der Waals surface area contributed by atoms with E-state index in [1.165, 1.54) is 37.4 Å². The van der Waals surface area contributed by atoms with Crippen LogP contribution in [-0.2, 0) is 6.18 Å². The SMILES string of the molecule is Cc1c(F)cccc1-c1ncccc1C(F)(F)F. The van der Waals surface area contributed by atoms with Gasteiger partial charge in [-0.3, -0.25) is 4.98 Å². The maximum Gasteiger partial charge on any atom is 0.418 e. The first-order valence-corrected chi connectivity index (χ1v) is 5.19. The molecule has 0 radical (unpaired) electrons. The lowest BCUT2D eigenvalue weighted by Crippen LogP contribution is -2.08. The Morgan fingerprint density at radius 1 is 1.06 bits per heavy atom. The summed E-state index contributed by atoms with van der Waals surface area (Å²) in [5, 5.41) is 0. The van der Waals surface area contributed by atoms with Crippen molar-refractivity contribution in [3.05, 3.63) is 53.5 Å². The van der Waals surface area contributed by atoms with Gasteiger partial charge in [-0.1, -0.05) is 12.1 Å². The summed E-state index contributed by atoms with van der Waals surface area (Å²) in [6.07, 6.45) is -3.25. The molecule has 1 aromatic heterocycles. The molecule has 0 aliphatic heterocycles. The second-order valence-corrected chi connectivity index (χ2v) is 3.81. The predicted molar refractivity (Wildman–Crippen MR) is 59.4 cm³/mol. The van der Waals surface area contributed by atoms with Crippen LogP contribution in [0.15, 0.2) is 36.5 Å². The molecule has 0 amide bonds. The van der Waals surface area contributed by atoms with E-state index in [-0.39, 0.29) is 16.8 Å². The molecular weight excluding hydrogens is 246 g/mol. The Labute approximate surface area is 101 Å². The van der Waals surface area contributed by atoms with Gasteiger partial charge in [-0.15, -0.1) is 0 Å². The van der Waals surface area contributed by atoms with E-state index in [2.05, 4.69) is 4.98 Å². The van der Waals surface area contributed by atoms with E-state index in [4.69, 9.17) is 0 Å². The number of halogens is 4. The zero-order chi connectivity index (χ0) is 13.3. The normalized spacial score (nSPS) is 11.6. The highest BCUT2D eigenvalue weighted by atomic mass is 19.4. The number of hydrogen-bond donors (Lipinski definition) is 0. The minimum atomic E-state index is -4.51. The molecule has 0 aliphatic carbocycles. The Bertz CT molecular complexity index is 575. The van der Waals surface area contributed by atoms with Crippen molar-refractivity contribution in [3.63, 3.8) is 0 Å². The standard InChI is InChI=1S/C13H9F4N/c1-8-9(4-2-6-11(8)14)12-10(13(15,16)17)5-3-7-18-12/h2-7H,1H3. The summed E-state index contributed by atoms with van der Waals surface area (Å²) in [7, 11) is 0. The first-order chi connectivity index (χ1) is 8.41. The van der Waals surface area contributed by atoms with Crippen LogP contribution in [0.1, 0.15) is 11.1 Å². The van der Waals surface area contributed by atoms with Crippen molar-refractivity contribution in [1.82, 2.24) is 4.98 Å². The Morgan fingerprint density at radius 3 is 2.44 bits per heavy atom. The molecule has 0 bridgehead atoms. The van der Waals surface area contributed by atoms with E-state index in [0.717, 1.165) is 6.07 Å². The van der Waals surface area contributed by atoms with Gasteiger partial charge in [-0.05, 0) is 30.7 Å². The lowest BCUT2D eigenvalue weighted by atomic mass is 10.0. The molecule has 1 nitrogen and oxygen atoms in total. The van der Waals surface area contributed by atoms with Gasteiger partial charge in [0, 0.05) is 11.8 Å². The third kappa shape index (κ3) is 2.20. The smallest absolute Gasteiger partial charge is 0.256 e. The summed E-state index contributed by atoms with van der Waals surface area (Å²) in [5.74, 6) is -0.550. The van der Waals surface area contributed by atoms with Crippen molar-refractivity contribution >= 4 is 0 Å². The predicted octanol–water partition coefficient (Wildman–Crippen LogP) is 4.21. The molecule has 0 spiro atoms. The summed E-state index contributed by atoms with van der Waals surface area (Å²) >= 11 is 0. The van der Waals surface area contributed by atoms with Crippen LogP contribution in [0, 0.1) is 12.7 Å². The molecular formula is C13H9F4N. The van der Waals surface area contributed by atoms with Gasteiger partial charge in [0.05, 0.1) is 11.3 Å². The van der Waals surface area contributed by atoms with Gasteiger partial charge in [-0.25, -0.2) is 4.39 Å². The van der Waals surface area contributed by atoms with Gasteiger partial charge in [0.1, 0.15) is 5.82 Å². The fourth-order valence-electron chi connectivity index (χ4n) is 1.71. The number of rotatable bonds is 1. The van der Waals surface area contributed by atoms with Crippen LogP contribution in [0.25, 0.3) is 11.3 Å². The van der Waals surface area contributed by atoms with Crippen molar-refractivity contribution in [2.24, 2.45) is 0 Å². The molecule has 18 heavy (non-hydrogen) atoms. The van der Waals surface area contributed by atoms with Gasteiger partial charge >= 0.3 is 6.18 Å². The molecule has 2 aromatic rings. The number of aromatic nitrogens is 1. The van der Waals surface area contributed by atoms with Gasteiger partial charge in [-0.2, -0.15) is 13.2 Å². The maximum absolute atomic E-state index is 13.4. The monoisotopic (exact) mass is 255 g/mol. The molecule has 1 heterocycles. The average molecular weight is 255 g/mol. The Kier molecular flexibility index (Phi) is 3.07. The minimum Gasteiger partial charge on any atom is -0.256 e. The summed E-state index contributed by atoms with van der Waals surface area (Å²) in [6, 6.07) is 6.14. The second kappa shape index (κ2) is 4.40. The molecule has 0 aliphatic rings. The Hall–Kier alpha value is -1.91. The van der Waals surface area contributed by atoms with Gasteiger partial charge in [0.25, 0.3) is 0 Å². The first kappa shape index (κ1) is 12.5. The van der Waals surface area contributed by atoms with Crippen LogP contribution in [0.5, 0.6) is 0 Å². The lowest BCUT2D eigenvalue weighted by Gasteiger charge is -2.13. The third-order valence-corrected chi connectivity index (χ3v) is 2.64. The van der Waals surface area contributed by atoms with Crippen molar-refractivity contribution in [3.8, 4) is 11.3 Å². The minimum absolute atomic E-state index is 0.154. The number of pyridine rings is 1. The molecule has 2 rings (SSSR count). The zero-order valence-corrected chi connectivity index (χ0v) is 9.42. The lowest BCUT2D eigenvalue weighted by molar-refractivity contribution is -0.137. The highest BCUT2D eigenvalue weighted by Gasteiger charge is 2.34. The van der Waals surface area contributed by atoms with Crippen LogP contribution in [0.2, 0.25) is 0 Å². The maximum atomic E-state index is 13.4. The largest absolute Gasteiger partial charge is 0.418 e. The highest BCUT2D eigenvalue weighted by molar-refractivity contribution is 5.67. The summed E-state index contributed by atoms with van der Waals surface area (Å²) in [5.41, 5.74) is -0.801. The summed E-state index contributed by atoms with van der Waals surface area (Å²) in [6.45, 7) is 1.43. The van der Waals surface area contributed by atoms with Crippen LogP contribution in [0.4, 0.5) is 17.6 Å². The number of nitrogens with zero attached hydrogens (tertiary/aromatic N) is 1. The van der Waals surface area contributed by atoms with Crippen LogP contribution >= 0.6 is 0 Å². The van der Waals surface area contributed by atoms with Crippen molar-refractivity contribution < 1.29 is 17.6 Å². The fourth-order valence-corrected chi connectivity index (χ4v) is 1.71. The fraction of sp³-hybridized carbons (Fsp3) is 0.154. The summed E-state index contributed by atoms with van der Waals surface area (Å²) in [4.78, 5) is 3.73. The molecule has 1 aromatic carbocycles. The quantitative estimate of drug-likeness (QED) is 0.695. The van der Waals surface area contributed by atoms with Crippen LogP contribution in [-0.4, -0.2) is 4.98 Å². The van der Waals surface area contributed by atoms with Crippen molar-refractivity contribution in [2.45, 2.75) is 13.1 Å². The van der Waals surface area contributed by atoms with E-state index in [1.54, 1.807) is 0 Å². The number of benzene rings is 1. The van der Waals surface area contributed by atoms with E-state index >= 15 is 0 Å². The van der Waals surface area contributed by atoms with E-state index in [1.807, 2.05) is 0 Å². The molecule has 0 unspecified atom stereocenters. The Morgan fingerprint density at radius 2 is 1.78 bits per heavy atom. The highest BCUT2D eigenvalue weighted by Crippen LogP contribution is 2.36. The molecule has 0 atom stereocenters. The molecule has 5 heteroatoms. The van der Waals surface area contributed by atoms with E-state index < -0.39 is 17.6 Å². The van der Waals surface area contributed by atoms with Crippen molar-refractivity contribution in [1.29, 1.82) is 0 Å². The molecule has 0 saturated carbocycles. The van der Waals surface area contributed by atoms with Crippen molar-refractivity contribution in [2.75, 3.05) is 0 Å². The molecule has 0 N–H and O–H groups in total. The molecule has 0 saturated heterocycles. The van der Waals surface area contributed by atoms with Gasteiger partial charge < -0.3 is 0 Å². The number of hydrogen-bond acceptors (Lipinski definition) is 1. The summed E-state index contributed by atoms with van der Waals surface area (Å²) < 4.78 is 51.9. The third-order valence-electron chi connectivity index (χ3n) is 2.64. The zero-order valence-electron chi connectivity index (χ0n) is 9.42. The van der Waals surface area contributed by atoms with Gasteiger partial charge in [0.15, 0.2) is 0 Å². The van der Waals surface area contributed by atoms with Crippen LogP contribution in [0.3, 0.4) is 0 Å². The topological polar surface area (TPSA) is 12.9 Å².